The van der Waals surface area contributed by atoms with Crippen molar-refractivity contribution in [2.24, 2.45) is 0 Å². The van der Waals surface area contributed by atoms with Crippen molar-refractivity contribution in [2.45, 2.75) is 0 Å². The fourth-order valence-electron chi connectivity index (χ4n) is 2.38. The third-order valence-electron chi connectivity index (χ3n) is 3.45. The molecule has 1 aromatic carbocycles. The van der Waals surface area contributed by atoms with E-state index >= 15 is 0 Å². The van der Waals surface area contributed by atoms with E-state index < -0.39 is 17.4 Å². The molecule has 1 aromatic heterocycles. The summed E-state index contributed by atoms with van der Waals surface area (Å²) in [6, 6.07) is 3.89. The molecule has 0 aliphatic carbocycles. The van der Waals surface area contributed by atoms with Gasteiger partial charge in [-0.2, -0.15) is 0 Å². The Bertz CT molecular complexity index is 935. The van der Waals surface area contributed by atoms with Crippen LogP contribution in [0.4, 0.5) is 5.82 Å². The standard InChI is InChI=1S/C14H10BrN3O5/c1-23-5-2-7(15)11(20)8(3-5)18-9(19)4-6-10(12(18)16)14(22)17-13(6)21/h2-4,20H,16H2,1H3,(H,17,21,22). The number of hydrogen-bond donors (Lipinski definition) is 3. The van der Waals surface area contributed by atoms with E-state index in [1.807, 2.05) is 0 Å². The first-order chi connectivity index (χ1) is 10.8. The van der Waals surface area contributed by atoms with Crippen molar-refractivity contribution in [1.29, 1.82) is 0 Å². The quantitative estimate of drug-likeness (QED) is 0.662. The van der Waals surface area contributed by atoms with Crippen molar-refractivity contribution >= 4 is 33.6 Å². The van der Waals surface area contributed by atoms with E-state index in [0.29, 0.717) is 5.75 Å². The Morgan fingerprint density at radius 1 is 1.22 bits per heavy atom. The number of aromatic nitrogens is 1. The van der Waals surface area contributed by atoms with Gasteiger partial charge >= 0.3 is 0 Å². The number of halogens is 1. The number of rotatable bonds is 2. The minimum absolute atomic E-state index is 0.0219. The number of methoxy groups -OCH3 is 1. The molecule has 0 spiro atoms. The Hall–Kier alpha value is -2.81. The first-order valence-corrected chi connectivity index (χ1v) is 7.12. The number of nitrogens with zero attached hydrogens (tertiary/aromatic N) is 1. The van der Waals surface area contributed by atoms with Crippen molar-refractivity contribution in [3.63, 3.8) is 0 Å². The van der Waals surface area contributed by atoms with Gasteiger partial charge in [0.25, 0.3) is 17.4 Å². The number of phenolic OH excluding ortho intramolecular Hbond substituents is 1. The topological polar surface area (TPSA) is 124 Å². The van der Waals surface area contributed by atoms with Crippen LogP contribution in [0.1, 0.15) is 20.7 Å². The van der Waals surface area contributed by atoms with Gasteiger partial charge in [-0.25, -0.2) is 0 Å². The Balaban J connectivity index is 2.38. The Labute approximate surface area is 137 Å². The van der Waals surface area contributed by atoms with Crippen molar-refractivity contribution in [3.05, 3.63) is 44.2 Å². The molecule has 0 fully saturated rings. The summed E-state index contributed by atoms with van der Waals surface area (Å²) in [5.41, 5.74) is 5.08. The fraction of sp³-hybridized carbons (Fsp3) is 0.0714. The molecule has 0 atom stereocenters. The second-order valence-corrected chi connectivity index (χ2v) is 5.61. The van der Waals surface area contributed by atoms with E-state index in [-0.39, 0.29) is 32.9 Å². The summed E-state index contributed by atoms with van der Waals surface area (Å²) in [7, 11) is 1.42. The molecular weight excluding hydrogens is 370 g/mol. The molecule has 2 heterocycles. The van der Waals surface area contributed by atoms with E-state index in [9.17, 15) is 19.5 Å². The Kier molecular flexibility index (Phi) is 3.37. The number of nitrogens with two attached hydrogens (primary N) is 1. The van der Waals surface area contributed by atoms with E-state index in [1.54, 1.807) is 0 Å². The summed E-state index contributed by atoms with van der Waals surface area (Å²) in [4.78, 5) is 35.8. The number of fused-ring (bicyclic) bond motifs is 1. The Morgan fingerprint density at radius 3 is 2.57 bits per heavy atom. The lowest BCUT2D eigenvalue weighted by Crippen LogP contribution is -2.24. The van der Waals surface area contributed by atoms with Crippen LogP contribution in [0, 0.1) is 0 Å². The number of carbonyl (C=O) groups excluding carboxylic acids is 2. The highest BCUT2D eigenvalue weighted by molar-refractivity contribution is 9.10. The molecule has 2 amide bonds. The van der Waals surface area contributed by atoms with Gasteiger partial charge in [0.05, 0.1) is 28.4 Å². The van der Waals surface area contributed by atoms with E-state index in [1.165, 1.54) is 19.2 Å². The number of carbonyl (C=O) groups is 2. The monoisotopic (exact) mass is 379 g/mol. The average Bonchev–Trinajstić information content (AvgIpc) is 2.77. The number of benzene rings is 1. The van der Waals surface area contributed by atoms with Gasteiger partial charge in [0.15, 0.2) is 5.75 Å². The van der Waals surface area contributed by atoms with Crippen LogP contribution in [-0.2, 0) is 0 Å². The molecule has 9 heteroatoms. The van der Waals surface area contributed by atoms with Crippen LogP contribution in [0.5, 0.6) is 11.5 Å². The lowest BCUT2D eigenvalue weighted by atomic mass is 10.1. The van der Waals surface area contributed by atoms with Gasteiger partial charge in [0.2, 0.25) is 0 Å². The average molecular weight is 380 g/mol. The zero-order valence-electron chi connectivity index (χ0n) is 11.7. The molecule has 3 rings (SSSR count). The molecule has 118 valence electrons. The largest absolute Gasteiger partial charge is 0.505 e. The van der Waals surface area contributed by atoms with Crippen LogP contribution < -0.4 is 21.3 Å². The predicted octanol–water partition coefficient (Wildman–Crippen LogP) is 0.780. The third-order valence-corrected chi connectivity index (χ3v) is 4.05. The highest BCUT2D eigenvalue weighted by Crippen LogP contribution is 2.36. The van der Waals surface area contributed by atoms with Crippen LogP contribution in [0.2, 0.25) is 0 Å². The van der Waals surface area contributed by atoms with Crippen molar-refractivity contribution in [2.75, 3.05) is 12.8 Å². The smallest absolute Gasteiger partial charge is 0.262 e. The predicted molar refractivity (Wildman–Crippen MR) is 84.2 cm³/mol. The maximum Gasteiger partial charge on any atom is 0.262 e. The number of imide groups is 1. The second kappa shape index (κ2) is 5.13. The fourth-order valence-corrected chi connectivity index (χ4v) is 2.81. The summed E-state index contributed by atoms with van der Waals surface area (Å²) < 4.78 is 6.31. The van der Waals surface area contributed by atoms with Gasteiger partial charge in [-0.05, 0) is 22.0 Å². The molecule has 23 heavy (non-hydrogen) atoms. The van der Waals surface area contributed by atoms with Crippen molar-refractivity contribution in [1.82, 2.24) is 9.88 Å². The summed E-state index contributed by atoms with van der Waals surface area (Å²) in [6.07, 6.45) is 0. The number of pyridine rings is 1. The highest BCUT2D eigenvalue weighted by Gasteiger charge is 2.32. The lowest BCUT2D eigenvalue weighted by Gasteiger charge is -2.15. The normalized spacial score (nSPS) is 13.0. The maximum atomic E-state index is 12.3. The molecule has 0 saturated carbocycles. The third kappa shape index (κ3) is 2.16. The zero-order chi connectivity index (χ0) is 16.9. The van der Waals surface area contributed by atoms with E-state index in [0.717, 1.165) is 10.6 Å². The van der Waals surface area contributed by atoms with Gasteiger partial charge in [0, 0.05) is 12.1 Å². The molecule has 8 nitrogen and oxygen atoms in total. The summed E-state index contributed by atoms with van der Waals surface area (Å²) in [6.45, 7) is 0. The molecular formula is C14H10BrN3O5. The van der Waals surface area contributed by atoms with Gasteiger partial charge in [-0.3, -0.25) is 24.3 Å². The number of amides is 2. The van der Waals surface area contributed by atoms with Gasteiger partial charge in [-0.15, -0.1) is 0 Å². The van der Waals surface area contributed by atoms with Gasteiger partial charge in [-0.1, -0.05) is 0 Å². The van der Waals surface area contributed by atoms with Crippen LogP contribution in [-0.4, -0.2) is 28.6 Å². The molecule has 0 bridgehead atoms. The molecule has 4 N–H and O–H groups in total. The van der Waals surface area contributed by atoms with E-state index in [2.05, 4.69) is 21.2 Å². The zero-order valence-corrected chi connectivity index (χ0v) is 13.3. The van der Waals surface area contributed by atoms with Crippen LogP contribution >= 0.6 is 15.9 Å². The first-order valence-electron chi connectivity index (χ1n) is 6.33. The van der Waals surface area contributed by atoms with Crippen LogP contribution in [0.25, 0.3) is 5.69 Å². The van der Waals surface area contributed by atoms with Crippen LogP contribution in [0.15, 0.2) is 27.5 Å². The number of nitrogens with one attached hydrogen (secondary N) is 1. The van der Waals surface area contributed by atoms with Crippen LogP contribution in [0.3, 0.4) is 0 Å². The molecule has 1 aliphatic rings. The van der Waals surface area contributed by atoms with Gasteiger partial charge < -0.3 is 15.6 Å². The second-order valence-electron chi connectivity index (χ2n) is 4.75. The maximum absolute atomic E-state index is 12.3. The SMILES string of the molecule is COc1cc(Br)c(O)c(-n2c(N)c3c(cc2=O)C(=O)NC3=O)c1. The number of nitrogen functional groups attached to an aromatic ring is 1. The molecule has 2 aromatic rings. The van der Waals surface area contributed by atoms with Gasteiger partial charge in [0.1, 0.15) is 11.6 Å². The number of aromatic hydroxyl groups is 1. The van der Waals surface area contributed by atoms with Crippen molar-refractivity contribution < 1.29 is 19.4 Å². The minimum Gasteiger partial charge on any atom is -0.505 e. The highest BCUT2D eigenvalue weighted by atomic mass is 79.9. The summed E-state index contributed by atoms with van der Waals surface area (Å²) in [5, 5.41) is 12.3. The van der Waals surface area contributed by atoms with Crippen molar-refractivity contribution in [3.8, 4) is 17.2 Å². The first kappa shape index (κ1) is 15.1. The molecule has 0 saturated heterocycles. The summed E-state index contributed by atoms with van der Waals surface area (Å²) >= 11 is 3.15. The number of hydrogen-bond acceptors (Lipinski definition) is 6. The minimum atomic E-state index is -0.697. The summed E-state index contributed by atoms with van der Waals surface area (Å²) in [5.74, 6) is -1.53. The molecule has 1 aliphatic heterocycles. The van der Waals surface area contributed by atoms with E-state index in [4.69, 9.17) is 10.5 Å². The molecule has 0 radical (unpaired) electrons. The number of phenols is 1. The number of anilines is 1. The molecule has 0 unspecified atom stereocenters. The number of ether oxygens (including phenoxy) is 1. The lowest BCUT2D eigenvalue weighted by molar-refractivity contribution is 0.0880. The Morgan fingerprint density at radius 2 is 1.91 bits per heavy atom.